The molecule has 0 radical (unpaired) electrons. The highest BCUT2D eigenvalue weighted by molar-refractivity contribution is 7.11. The van der Waals surface area contributed by atoms with Gasteiger partial charge in [0.1, 0.15) is 0 Å². The third-order valence-electron chi connectivity index (χ3n) is 2.04. The monoisotopic (exact) mass is 226 g/mol. The molecule has 0 saturated carbocycles. The van der Waals surface area contributed by atoms with Crippen molar-refractivity contribution in [1.29, 1.82) is 0 Å². The van der Waals surface area contributed by atoms with E-state index in [-0.39, 0.29) is 0 Å². The van der Waals surface area contributed by atoms with Crippen molar-refractivity contribution in [3.63, 3.8) is 0 Å². The van der Waals surface area contributed by atoms with Crippen LogP contribution in [0.15, 0.2) is 4.99 Å². The lowest BCUT2D eigenvalue weighted by Gasteiger charge is -2.16. The van der Waals surface area contributed by atoms with Crippen molar-refractivity contribution in [2.24, 2.45) is 4.99 Å². The molecule has 5 heteroatoms. The highest BCUT2D eigenvalue weighted by Gasteiger charge is 2.06. The fraction of sp³-hybridized carbons (Fsp3) is 0.600. The lowest BCUT2D eigenvalue weighted by molar-refractivity contribution is 0.583. The van der Waals surface area contributed by atoms with Crippen LogP contribution in [0.3, 0.4) is 0 Å². The molecule has 1 aromatic heterocycles. The first kappa shape index (κ1) is 12.0. The summed E-state index contributed by atoms with van der Waals surface area (Å²) in [5.41, 5.74) is 1.11. The summed E-state index contributed by atoms with van der Waals surface area (Å²) in [5.74, 6) is 0.889. The second-order valence-corrected chi connectivity index (χ2v) is 4.82. The Balaban J connectivity index is 2.60. The first-order chi connectivity index (χ1) is 7.04. The van der Waals surface area contributed by atoms with Gasteiger partial charge in [0.2, 0.25) is 0 Å². The van der Waals surface area contributed by atoms with Crippen molar-refractivity contribution < 1.29 is 0 Å². The third-order valence-corrected chi connectivity index (χ3v) is 3.11. The summed E-state index contributed by atoms with van der Waals surface area (Å²) in [6.07, 6.45) is 0. The Morgan fingerprint density at radius 3 is 2.53 bits per heavy atom. The molecule has 15 heavy (non-hydrogen) atoms. The number of nitrogens with one attached hydrogen (secondary N) is 1. The molecule has 1 N–H and O–H groups in total. The molecule has 0 fully saturated rings. The number of rotatable bonds is 2. The van der Waals surface area contributed by atoms with Gasteiger partial charge in [0.05, 0.1) is 17.2 Å². The molecular formula is C10H18N4S. The highest BCUT2D eigenvalue weighted by atomic mass is 32.1. The number of aromatic nitrogens is 1. The van der Waals surface area contributed by atoms with Crippen LogP contribution in [0.4, 0.5) is 0 Å². The minimum atomic E-state index is 0.794. The molecule has 0 saturated heterocycles. The van der Waals surface area contributed by atoms with Crippen LogP contribution in [0.5, 0.6) is 0 Å². The van der Waals surface area contributed by atoms with Crippen LogP contribution < -0.4 is 5.32 Å². The Hall–Kier alpha value is -1.10. The minimum absolute atomic E-state index is 0.794. The topological polar surface area (TPSA) is 40.5 Å². The lowest BCUT2D eigenvalue weighted by atomic mass is 10.4. The molecular weight excluding hydrogens is 208 g/mol. The quantitative estimate of drug-likeness (QED) is 0.612. The standard InChI is InChI=1S/C10H18N4S/c1-7-9(15-8(2)13-7)6-12-10(11-3)14(4)5/h6H2,1-5H3,(H,11,12). The van der Waals surface area contributed by atoms with Gasteiger partial charge in [-0.1, -0.05) is 0 Å². The van der Waals surface area contributed by atoms with E-state index in [0.717, 1.165) is 23.2 Å². The van der Waals surface area contributed by atoms with Gasteiger partial charge >= 0.3 is 0 Å². The molecule has 1 heterocycles. The van der Waals surface area contributed by atoms with Crippen molar-refractivity contribution in [2.75, 3.05) is 21.1 Å². The summed E-state index contributed by atoms with van der Waals surface area (Å²) >= 11 is 1.73. The van der Waals surface area contributed by atoms with Crippen LogP contribution in [0.2, 0.25) is 0 Å². The van der Waals surface area contributed by atoms with E-state index in [1.54, 1.807) is 18.4 Å². The molecule has 0 aromatic carbocycles. The molecule has 1 rings (SSSR count). The second-order valence-electron chi connectivity index (χ2n) is 3.54. The molecule has 0 aliphatic rings. The van der Waals surface area contributed by atoms with Gasteiger partial charge in [-0.15, -0.1) is 11.3 Å². The zero-order valence-electron chi connectivity index (χ0n) is 9.96. The predicted molar refractivity (Wildman–Crippen MR) is 65.5 cm³/mol. The van der Waals surface area contributed by atoms with Crippen molar-refractivity contribution in [1.82, 2.24) is 15.2 Å². The maximum Gasteiger partial charge on any atom is 0.193 e. The van der Waals surface area contributed by atoms with E-state index in [1.807, 2.05) is 32.8 Å². The largest absolute Gasteiger partial charge is 0.351 e. The van der Waals surface area contributed by atoms with Gasteiger partial charge in [-0.2, -0.15) is 0 Å². The molecule has 0 atom stereocenters. The van der Waals surface area contributed by atoms with E-state index < -0.39 is 0 Å². The Morgan fingerprint density at radius 1 is 1.47 bits per heavy atom. The molecule has 4 nitrogen and oxygen atoms in total. The minimum Gasteiger partial charge on any atom is -0.351 e. The number of aryl methyl sites for hydroxylation is 2. The lowest BCUT2D eigenvalue weighted by Crippen LogP contribution is -2.35. The predicted octanol–water partition coefficient (Wildman–Crippen LogP) is 1.40. The fourth-order valence-electron chi connectivity index (χ4n) is 1.33. The van der Waals surface area contributed by atoms with E-state index in [1.165, 1.54) is 4.88 Å². The smallest absolute Gasteiger partial charge is 0.193 e. The Morgan fingerprint density at radius 2 is 2.13 bits per heavy atom. The molecule has 0 spiro atoms. The summed E-state index contributed by atoms with van der Waals surface area (Å²) in [4.78, 5) is 11.8. The van der Waals surface area contributed by atoms with Crippen LogP contribution in [-0.4, -0.2) is 37.0 Å². The maximum absolute atomic E-state index is 4.38. The van der Waals surface area contributed by atoms with Crippen molar-refractivity contribution in [2.45, 2.75) is 20.4 Å². The normalized spacial score (nSPS) is 11.7. The first-order valence-corrected chi connectivity index (χ1v) is 5.67. The van der Waals surface area contributed by atoms with Crippen LogP contribution in [-0.2, 0) is 6.54 Å². The van der Waals surface area contributed by atoms with Crippen LogP contribution >= 0.6 is 11.3 Å². The third kappa shape index (κ3) is 3.20. The molecule has 0 amide bonds. The van der Waals surface area contributed by atoms with E-state index in [2.05, 4.69) is 15.3 Å². The first-order valence-electron chi connectivity index (χ1n) is 4.85. The van der Waals surface area contributed by atoms with Gasteiger partial charge in [-0.05, 0) is 13.8 Å². The number of thiazole rings is 1. The molecule has 0 aliphatic heterocycles. The molecule has 0 unspecified atom stereocenters. The average molecular weight is 226 g/mol. The SMILES string of the molecule is CN=C(NCc1sc(C)nc1C)N(C)C. The molecule has 1 aromatic rings. The van der Waals surface area contributed by atoms with Crippen molar-refractivity contribution >= 4 is 17.3 Å². The number of nitrogens with zero attached hydrogens (tertiary/aromatic N) is 3. The number of guanidine groups is 1. The zero-order chi connectivity index (χ0) is 11.4. The van der Waals surface area contributed by atoms with Crippen LogP contribution in [0, 0.1) is 13.8 Å². The Kier molecular flexibility index (Phi) is 4.08. The van der Waals surface area contributed by atoms with Gasteiger partial charge in [0.25, 0.3) is 0 Å². The summed E-state index contributed by atoms with van der Waals surface area (Å²) in [6.45, 7) is 4.86. The van der Waals surface area contributed by atoms with Crippen molar-refractivity contribution in [3.8, 4) is 0 Å². The molecule has 0 bridgehead atoms. The van der Waals surface area contributed by atoms with Crippen LogP contribution in [0.1, 0.15) is 15.6 Å². The zero-order valence-corrected chi connectivity index (χ0v) is 10.8. The number of hydrogen-bond donors (Lipinski definition) is 1. The summed E-state index contributed by atoms with van der Waals surface area (Å²) in [6, 6.07) is 0. The Bertz CT molecular complexity index is 354. The number of hydrogen-bond acceptors (Lipinski definition) is 3. The van der Waals surface area contributed by atoms with Gasteiger partial charge in [0, 0.05) is 26.0 Å². The summed E-state index contributed by atoms with van der Waals surface area (Å²) in [5, 5.41) is 4.40. The average Bonchev–Trinajstić information content (AvgIpc) is 2.45. The van der Waals surface area contributed by atoms with Crippen LogP contribution in [0.25, 0.3) is 0 Å². The van der Waals surface area contributed by atoms with E-state index in [4.69, 9.17) is 0 Å². The van der Waals surface area contributed by atoms with E-state index in [9.17, 15) is 0 Å². The Labute approximate surface area is 95.1 Å². The van der Waals surface area contributed by atoms with E-state index >= 15 is 0 Å². The highest BCUT2D eigenvalue weighted by Crippen LogP contribution is 2.16. The van der Waals surface area contributed by atoms with Gasteiger partial charge in [-0.3, -0.25) is 4.99 Å². The summed E-state index contributed by atoms with van der Waals surface area (Å²) < 4.78 is 0. The van der Waals surface area contributed by atoms with Gasteiger partial charge < -0.3 is 10.2 Å². The van der Waals surface area contributed by atoms with Crippen molar-refractivity contribution in [3.05, 3.63) is 15.6 Å². The van der Waals surface area contributed by atoms with Gasteiger partial charge in [0.15, 0.2) is 5.96 Å². The molecule has 0 aliphatic carbocycles. The summed E-state index contributed by atoms with van der Waals surface area (Å²) in [7, 11) is 5.73. The van der Waals surface area contributed by atoms with Gasteiger partial charge in [-0.25, -0.2) is 4.98 Å². The second kappa shape index (κ2) is 5.11. The maximum atomic E-state index is 4.38. The number of aliphatic imine (C=N–C) groups is 1. The van der Waals surface area contributed by atoms with E-state index in [0.29, 0.717) is 0 Å². The molecule has 84 valence electrons. The fourth-order valence-corrected chi connectivity index (χ4v) is 2.21.